The number of pyridine rings is 1. The van der Waals surface area contributed by atoms with Crippen molar-refractivity contribution in [1.82, 2.24) is 4.98 Å². The zero-order valence-electron chi connectivity index (χ0n) is 9.84. The smallest absolute Gasteiger partial charge is 0.218 e. The molecule has 17 heavy (non-hydrogen) atoms. The molecule has 3 heteroatoms. The van der Waals surface area contributed by atoms with Gasteiger partial charge < -0.3 is 10.5 Å². The number of benzene rings is 1. The minimum absolute atomic E-state index is 0.0746. The maximum absolute atomic E-state index is 5.86. The summed E-state index contributed by atoms with van der Waals surface area (Å²) in [6.07, 6.45) is 1.71. The Morgan fingerprint density at radius 2 is 1.94 bits per heavy atom. The van der Waals surface area contributed by atoms with E-state index < -0.39 is 0 Å². The molecular weight excluding hydrogens is 212 g/mol. The number of nitrogens with zero attached hydrogens (tertiary/aromatic N) is 1. The molecule has 1 unspecified atom stereocenters. The van der Waals surface area contributed by atoms with Gasteiger partial charge in [0.15, 0.2) is 0 Å². The summed E-state index contributed by atoms with van der Waals surface area (Å²) >= 11 is 0. The van der Waals surface area contributed by atoms with Crippen molar-refractivity contribution in [2.45, 2.75) is 19.6 Å². The Bertz CT molecular complexity index is 469. The minimum atomic E-state index is -0.0746. The maximum Gasteiger partial charge on any atom is 0.218 e. The van der Waals surface area contributed by atoms with Gasteiger partial charge in [0.25, 0.3) is 0 Å². The van der Waals surface area contributed by atoms with E-state index in [-0.39, 0.29) is 6.04 Å². The summed E-state index contributed by atoms with van der Waals surface area (Å²) in [6.45, 7) is 2.43. The fourth-order valence-corrected chi connectivity index (χ4v) is 1.60. The lowest BCUT2D eigenvalue weighted by Crippen LogP contribution is -2.09. The molecule has 1 atom stereocenters. The number of ether oxygens (including phenoxy) is 1. The minimum Gasteiger partial charge on any atom is -0.473 e. The Kier molecular flexibility index (Phi) is 3.73. The molecule has 1 heterocycles. The first-order valence-electron chi connectivity index (χ1n) is 5.64. The molecule has 0 aliphatic carbocycles. The highest BCUT2D eigenvalue weighted by atomic mass is 16.5. The van der Waals surface area contributed by atoms with Gasteiger partial charge in [-0.2, -0.15) is 0 Å². The summed E-state index contributed by atoms with van der Waals surface area (Å²) < 4.78 is 5.69. The zero-order chi connectivity index (χ0) is 12.1. The van der Waals surface area contributed by atoms with E-state index in [4.69, 9.17) is 10.5 Å². The summed E-state index contributed by atoms with van der Waals surface area (Å²) in [6, 6.07) is 13.7. The van der Waals surface area contributed by atoms with Gasteiger partial charge in [0.2, 0.25) is 5.88 Å². The molecule has 88 valence electrons. The van der Waals surface area contributed by atoms with Crippen LogP contribution in [0.25, 0.3) is 0 Å². The number of nitrogens with two attached hydrogens (primary N) is 1. The lowest BCUT2D eigenvalue weighted by atomic mass is 10.1. The highest BCUT2D eigenvalue weighted by Gasteiger charge is 2.08. The molecular formula is C14H16N2O. The molecule has 2 rings (SSSR count). The van der Waals surface area contributed by atoms with Crippen molar-refractivity contribution in [2.75, 3.05) is 0 Å². The molecule has 1 aromatic carbocycles. The van der Waals surface area contributed by atoms with Crippen LogP contribution >= 0.6 is 0 Å². The summed E-state index contributed by atoms with van der Waals surface area (Å²) in [5.74, 6) is 0.617. The zero-order valence-corrected chi connectivity index (χ0v) is 9.84. The first-order valence-corrected chi connectivity index (χ1v) is 5.64. The third kappa shape index (κ3) is 3.04. The Morgan fingerprint density at radius 3 is 2.65 bits per heavy atom. The molecule has 0 radical (unpaired) electrons. The van der Waals surface area contributed by atoms with E-state index in [0.29, 0.717) is 12.5 Å². The summed E-state index contributed by atoms with van der Waals surface area (Å²) in [7, 11) is 0. The van der Waals surface area contributed by atoms with Crippen LogP contribution in [0.3, 0.4) is 0 Å². The van der Waals surface area contributed by atoms with Crippen LogP contribution in [0.4, 0.5) is 0 Å². The summed E-state index contributed by atoms with van der Waals surface area (Å²) in [4.78, 5) is 4.21. The second-order valence-electron chi connectivity index (χ2n) is 3.96. The summed E-state index contributed by atoms with van der Waals surface area (Å²) in [5.41, 5.74) is 7.92. The van der Waals surface area contributed by atoms with E-state index in [1.807, 2.05) is 49.4 Å². The lowest BCUT2D eigenvalue weighted by Gasteiger charge is -2.12. The SMILES string of the molecule is CC(N)c1cccnc1OCc1ccccc1. The van der Waals surface area contributed by atoms with Gasteiger partial charge in [-0.25, -0.2) is 4.98 Å². The number of rotatable bonds is 4. The highest BCUT2D eigenvalue weighted by Crippen LogP contribution is 2.21. The van der Waals surface area contributed by atoms with Gasteiger partial charge in [-0.3, -0.25) is 0 Å². The number of hydrogen-bond donors (Lipinski definition) is 1. The van der Waals surface area contributed by atoms with E-state index in [1.165, 1.54) is 0 Å². The Hall–Kier alpha value is -1.87. The second kappa shape index (κ2) is 5.46. The van der Waals surface area contributed by atoms with Gasteiger partial charge in [-0.05, 0) is 18.6 Å². The van der Waals surface area contributed by atoms with Crippen molar-refractivity contribution < 1.29 is 4.74 Å². The van der Waals surface area contributed by atoms with E-state index in [0.717, 1.165) is 11.1 Å². The van der Waals surface area contributed by atoms with Crippen molar-refractivity contribution in [3.63, 3.8) is 0 Å². The predicted octanol–water partition coefficient (Wildman–Crippen LogP) is 2.68. The van der Waals surface area contributed by atoms with Crippen LogP contribution < -0.4 is 10.5 Å². The maximum atomic E-state index is 5.86. The Balaban J connectivity index is 2.09. The van der Waals surface area contributed by atoms with Crippen LogP contribution in [0.1, 0.15) is 24.1 Å². The Labute approximate surface area is 101 Å². The summed E-state index contributed by atoms with van der Waals surface area (Å²) in [5, 5.41) is 0. The third-order valence-electron chi connectivity index (χ3n) is 2.51. The molecule has 0 amide bonds. The molecule has 0 saturated heterocycles. The predicted molar refractivity (Wildman–Crippen MR) is 67.6 cm³/mol. The average Bonchev–Trinajstić information content (AvgIpc) is 2.38. The van der Waals surface area contributed by atoms with Gasteiger partial charge in [0.05, 0.1) is 0 Å². The Morgan fingerprint density at radius 1 is 1.18 bits per heavy atom. The topological polar surface area (TPSA) is 48.1 Å². The molecule has 1 aromatic heterocycles. The normalized spacial score (nSPS) is 12.1. The van der Waals surface area contributed by atoms with Gasteiger partial charge in [0, 0.05) is 17.8 Å². The monoisotopic (exact) mass is 228 g/mol. The van der Waals surface area contributed by atoms with Crippen LogP contribution in [0.5, 0.6) is 5.88 Å². The van der Waals surface area contributed by atoms with Crippen LogP contribution in [-0.2, 0) is 6.61 Å². The van der Waals surface area contributed by atoms with Crippen molar-refractivity contribution in [3.05, 3.63) is 59.8 Å². The van der Waals surface area contributed by atoms with Crippen LogP contribution in [0, 0.1) is 0 Å². The van der Waals surface area contributed by atoms with Gasteiger partial charge in [-0.1, -0.05) is 36.4 Å². The van der Waals surface area contributed by atoms with E-state index in [1.54, 1.807) is 6.20 Å². The lowest BCUT2D eigenvalue weighted by molar-refractivity contribution is 0.289. The van der Waals surface area contributed by atoms with E-state index >= 15 is 0 Å². The first kappa shape index (κ1) is 11.6. The fraction of sp³-hybridized carbons (Fsp3) is 0.214. The van der Waals surface area contributed by atoms with E-state index in [2.05, 4.69) is 4.98 Å². The standard InChI is InChI=1S/C14H16N2O/c1-11(15)13-8-5-9-16-14(13)17-10-12-6-3-2-4-7-12/h2-9,11H,10,15H2,1H3. The molecule has 2 N–H and O–H groups in total. The van der Waals surface area contributed by atoms with E-state index in [9.17, 15) is 0 Å². The average molecular weight is 228 g/mol. The van der Waals surface area contributed by atoms with Crippen molar-refractivity contribution in [2.24, 2.45) is 5.73 Å². The van der Waals surface area contributed by atoms with Gasteiger partial charge in [0.1, 0.15) is 6.61 Å². The van der Waals surface area contributed by atoms with Gasteiger partial charge >= 0.3 is 0 Å². The van der Waals surface area contributed by atoms with Gasteiger partial charge in [-0.15, -0.1) is 0 Å². The molecule has 0 spiro atoms. The van der Waals surface area contributed by atoms with Crippen molar-refractivity contribution in [1.29, 1.82) is 0 Å². The van der Waals surface area contributed by atoms with Crippen LogP contribution in [0.2, 0.25) is 0 Å². The molecule has 0 aliphatic rings. The van der Waals surface area contributed by atoms with Crippen molar-refractivity contribution in [3.8, 4) is 5.88 Å². The molecule has 3 nitrogen and oxygen atoms in total. The van der Waals surface area contributed by atoms with Crippen LogP contribution in [0.15, 0.2) is 48.7 Å². The number of hydrogen-bond acceptors (Lipinski definition) is 3. The molecule has 0 aliphatic heterocycles. The largest absolute Gasteiger partial charge is 0.473 e. The quantitative estimate of drug-likeness (QED) is 0.875. The number of aromatic nitrogens is 1. The third-order valence-corrected chi connectivity index (χ3v) is 2.51. The highest BCUT2D eigenvalue weighted by molar-refractivity contribution is 5.28. The molecule has 2 aromatic rings. The fourth-order valence-electron chi connectivity index (χ4n) is 1.60. The molecule has 0 bridgehead atoms. The van der Waals surface area contributed by atoms with Crippen LogP contribution in [-0.4, -0.2) is 4.98 Å². The second-order valence-corrected chi connectivity index (χ2v) is 3.96. The van der Waals surface area contributed by atoms with Crippen molar-refractivity contribution >= 4 is 0 Å². The molecule has 0 fully saturated rings. The first-order chi connectivity index (χ1) is 8.27. The molecule has 0 saturated carbocycles.